The van der Waals surface area contributed by atoms with E-state index in [9.17, 15) is 14.4 Å². The largest absolute Gasteiger partial charge is 0.481 e. The quantitative estimate of drug-likeness (QED) is 0.673. The van der Waals surface area contributed by atoms with Crippen LogP contribution in [0, 0.1) is 12.3 Å². The summed E-state index contributed by atoms with van der Waals surface area (Å²) in [4.78, 5) is 38.2. The van der Waals surface area contributed by atoms with Crippen LogP contribution in [0.1, 0.15) is 66.2 Å². The third-order valence-electron chi connectivity index (χ3n) is 3.64. The second kappa shape index (κ2) is 6.77. The molecule has 0 bridgehead atoms. The van der Waals surface area contributed by atoms with Gasteiger partial charge in [0.2, 0.25) is 0 Å². The SMILES string of the molecule is CCCc1c(C(=O)NCC(C)(C)C(=O)O)[nH]c(C)c1C(C)=O. The summed E-state index contributed by atoms with van der Waals surface area (Å²) < 4.78 is 0. The van der Waals surface area contributed by atoms with Crippen LogP contribution in [0.25, 0.3) is 0 Å². The molecule has 1 aromatic rings. The maximum Gasteiger partial charge on any atom is 0.310 e. The Labute approximate surface area is 130 Å². The van der Waals surface area contributed by atoms with E-state index in [1.54, 1.807) is 20.8 Å². The smallest absolute Gasteiger partial charge is 0.310 e. The molecule has 3 N–H and O–H groups in total. The lowest BCUT2D eigenvalue weighted by molar-refractivity contribution is -0.146. The van der Waals surface area contributed by atoms with Crippen LogP contribution >= 0.6 is 0 Å². The standard InChI is InChI=1S/C16H24N2O4/c1-6-7-11-12(10(3)19)9(2)18-13(11)14(20)17-8-16(4,5)15(21)22/h18H,6-8H2,1-5H3,(H,17,20)(H,21,22). The van der Waals surface area contributed by atoms with Gasteiger partial charge in [0, 0.05) is 17.8 Å². The Morgan fingerprint density at radius 1 is 1.27 bits per heavy atom. The zero-order valence-electron chi connectivity index (χ0n) is 13.8. The first kappa shape index (κ1) is 17.9. The van der Waals surface area contributed by atoms with Crippen molar-refractivity contribution in [1.82, 2.24) is 10.3 Å². The first-order chi connectivity index (χ1) is 10.1. The number of carboxylic acids is 1. The first-order valence-electron chi connectivity index (χ1n) is 7.35. The van der Waals surface area contributed by atoms with Gasteiger partial charge in [-0.05, 0) is 39.7 Å². The molecule has 0 spiro atoms. The van der Waals surface area contributed by atoms with E-state index in [-0.39, 0.29) is 18.2 Å². The van der Waals surface area contributed by atoms with Gasteiger partial charge in [0.1, 0.15) is 5.69 Å². The molecule has 0 radical (unpaired) electrons. The highest BCUT2D eigenvalue weighted by Gasteiger charge is 2.29. The number of carbonyl (C=O) groups is 3. The van der Waals surface area contributed by atoms with Crippen molar-refractivity contribution in [1.29, 1.82) is 0 Å². The molecule has 22 heavy (non-hydrogen) atoms. The molecule has 0 unspecified atom stereocenters. The number of hydrogen-bond donors (Lipinski definition) is 3. The molecule has 6 nitrogen and oxygen atoms in total. The average molecular weight is 308 g/mol. The van der Waals surface area contributed by atoms with Gasteiger partial charge in [0.05, 0.1) is 5.41 Å². The molecular formula is C16H24N2O4. The number of aliphatic carboxylic acids is 1. The minimum Gasteiger partial charge on any atom is -0.481 e. The third kappa shape index (κ3) is 3.75. The minimum atomic E-state index is -1.05. The van der Waals surface area contributed by atoms with E-state index in [4.69, 9.17) is 5.11 Å². The van der Waals surface area contributed by atoms with Crippen LogP contribution in [0.3, 0.4) is 0 Å². The summed E-state index contributed by atoms with van der Waals surface area (Å²) >= 11 is 0. The van der Waals surface area contributed by atoms with Crippen molar-refractivity contribution in [3.8, 4) is 0 Å². The molecule has 0 saturated carbocycles. The molecule has 122 valence electrons. The van der Waals surface area contributed by atoms with Crippen LogP contribution in [0.15, 0.2) is 0 Å². The summed E-state index contributed by atoms with van der Waals surface area (Å²) in [5.41, 5.74) is 1.23. The number of H-pyrrole nitrogens is 1. The summed E-state index contributed by atoms with van der Waals surface area (Å²) in [5.74, 6) is -1.44. The minimum absolute atomic E-state index is 0.0141. The number of rotatable bonds is 7. The Hall–Kier alpha value is -2.11. The van der Waals surface area contributed by atoms with Crippen molar-refractivity contribution in [2.45, 2.75) is 47.5 Å². The molecule has 0 fully saturated rings. The van der Waals surface area contributed by atoms with Crippen molar-refractivity contribution < 1.29 is 19.5 Å². The van der Waals surface area contributed by atoms with Crippen LogP contribution in [-0.2, 0) is 11.2 Å². The van der Waals surface area contributed by atoms with E-state index in [0.717, 1.165) is 6.42 Å². The molecule has 1 amide bonds. The zero-order valence-corrected chi connectivity index (χ0v) is 13.8. The van der Waals surface area contributed by atoms with Crippen molar-refractivity contribution in [2.75, 3.05) is 6.54 Å². The number of hydrogen-bond acceptors (Lipinski definition) is 3. The topological polar surface area (TPSA) is 99.3 Å². The number of carbonyl (C=O) groups excluding carboxylic acids is 2. The fraction of sp³-hybridized carbons (Fsp3) is 0.562. The van der Waals surface area contributed by atoms with Gasteiger partial charge in [0.15, 0.2) is 5.78 Å². The predicted octanol–water partition coefficient (Wildman–Crippen LogP) is 2.32. The molecule has 1 rings (SSSR count). The van der Waals surface area contributed by atoms with Gasteiger partial charge in [-0.3, -0.25) is 14.4 Å². The highest BCUT2D eigenvalue weighted by Crippen LogP contribution is 2.22. The van der Waals surface area contributed by atoms with Crippen molar-refractivity contribution in [2.24, 2.45) is 5.41 Å². The number of carboxylic acid groups (broad SMARTS) is 1. The third-order valence-corrected chi connectivity index (χ3v) is 3.64. The van der Waals surface area contributed by atoms with Gasteiger partial charge < -0.3 is 15.4 Å². The van der Waals surface area contributed by atoms with E-state index in [2.05, 4.69) is 10.3 Å². The van der Waals surface area contributed by atoms with Crippen LogP contribution in [0.4, 0.5) is 0 Å². The van der Waals surface area contributed by atoms with E-state index in [0.29, 0.717) is 28.9 Å². The molecule has 1 aromatic heterocycles. The van der Waals surface area contributed by atoms with Crippen LogP contribution < -0.4 is 5.32 Å². The molecule has 6 heteroatoms. The number of nitrogens with one attached hydrogen (secondary N) is 2. The van der Waals surface area contributed by atoms with Gasteiger partial charge in [0.25, 0.3) is 5.91 Å². The number of aromatic amines is 1. The molecule has 1 heterocycles. The van der Waals surface area contributed by atoms with Crippen LogP contribution in [-0.4, -0.2) is 34.3 Å². The Morgan fingerprint density at radius 2 is 1.86 bits per heavy atom. The number of aromatic nitrogens is 1. The normalized spacial score (nSPS) is 11.3. The van der Waals surface area contributed by atoms with Gasteiger partial charge in [-0.15, -0.1) is 0 Å². The monoisotopic (exact) mass is 308 g/mol. The Balaban J connectivity index is 3.06. The Kier molecular flexibility index (Phi) is 5.52. The van der Waals surface area contributed by atoms with E-state index < -0.39 is 11.4 Å². The predicted molar refractivity (Wildman–Crippen MR) is 83.3 cm³/mol. The van der Waals surface area contributed by atoms with E-state index >= 15 is 0 Å². The molecule has 0 aliphatic heterocycles. The molecular weight excluding hydrogens is 284 g/mol. The maximum atomic E-state index is 12.4. The summed E-state index contributed by atoms with van der Waals surface area (Å²) in [6, 6.07) is 0. The average Bonchev–Trinajstić information content (AvgIpc) is 2.73. The lowest BCUT2D eigenvalue weighted by atomic mass is 9.94. The maximum absolute atomic E-state index is 12.4. The highest BCUT2D eigenvalue weighted by atomic mass is 16.4. The van der Waals surface area contributed by atoms with Crippen LogP contribution in [0.2, 0.25) is 0 Å². The lowest BCUT2D eigenvalue weighted by Crippen LogP contribution is -2.39. The Bertz CT molecular complexity index is 600. The summed E-state index contributed by atoms with van der Waals surface area (Å²) in [7, 11) is 0. The van der Waals surface area contributed by atoms with E-state index in [1.165, 1.54) is 6.92 Å². The van der Waals surface area contributed by atoms with Gasteiger partial charge in [-0.1, -0.05) is 13.3 Å². The van der Waals surface area contributed by atoms with Crippen LogP contribution in [0.5, 0.6) is 0 Å². The fourth-order valence-electron chi connectivity index (χ4n) is 2.31. The number of aryl methyl sites for hydroxylation is 1. The molecule has 0 aromatic carbocycles. The fourth-order valence-corrected chi connectivity index (χ4v) is 2.31. The molecule has 0 saturated heterocycles. The van der Waals surface area contributed by atoms with Gasteiger partial charge in [-0.25, -0.2) is 0 Å². The summed E-state index contributed by atoms with van der Waals surface area (Å²) in [6.45, 7) is 8.31. The van der Waals surface area contributed by atoms with Crippen molar-refractivity contribution >= 4 is 17.7 Å². The molecule has 0 aliphatic rings. The molecule has 0 atom stereocenters. The second-order valence-electron chi connectivity index (χ2n) is 6.16. The number of Topliss-reactive ketones (excluding diaryl/α,β-unsaturated/α-hetero) is 1. The number of amides is 1. The Morgan fingerprint density at radius 3 is 2.32 bits per heavy atom. The zero-order chi connectivity index (χ0) is 17.1. The lowest BCUT2D eigenvalue weighted by Gasteiger charge is -2.19. The second-order valence-corrected chi connectivity index (χ2v) is 6.16. The summed E-state index contributed by atoms with van der Waals surface area (Å²) in [5, 5.41) is 11.7. The highest BCUT2D eigenvalue weighted by molar-refractivity contribution is 6.02. The van der Waals surface area contributed by atoms with Gasteiger partial charge in [-0.2, -0.15) is 0 Å². The number of ketones is 1. The molecule has 0 aliphatic carbocycles. The summed E-state index contributed by atoms with van der Waals surface area (Å²) in [6.07, 6.45) is 1.42. The van der Waals surface area contributed by atoms with Crippen molar-refractivity contribution in [3.05, 3.63) is 22.5 Å². The van der Waals surface area contributed by atoms with E-state index in [1.807, 2.05) is 6.92 Å². The van der Waals surface area contributed by atoms with Gasteiger partial charge >= 0.3 is 5.97 Å². The first-order valence-corrected chi connectivity index (χ1v) is 7.35. The van der Waals surface area contributed by atoms with Crippen molar-refractivity contribution in [3.63, 3.8) is 0 Å².